The number of nitrogens with one attached hydrogen (secondary N) is 2. The molecule has 0 saturated heterocycles. The molecule has 6 nitrogen and oxygen atoms in total. The number of carbonyl (C=O) groups excluding carboxylic acids is 1. The van der Waals surface area contributed by atoms with Crippen LogP contribution in [0.5, 0.6) is 5.75 Å². The smallest absolute Gasteiger partial charge is 0.275 e. The lowest BCUT2D eigenvalue weighted by Gasteiger charge is -2.16. The highest BCUT2D eigenvalue weighted by Crippen LogP contribution is 2.28. The van der Waals surface area contributed by atoms with E-state index < -0.39 is 27.9 Å². The van der Waals surface area contributed by atoms with E-state index in [9.17, 15) is 17.6 Å². The number of carbonyl (C=O) groups is 1. The van der Waals surface area contributed by atoms with E-state index in [2.05, 4.69) is 0 Å². The molecule has 25 heavy (non-hydrogen) atoms. The number of rotatable bonds is 6. The van der Waals surface area contributed by atoms with E-state index in [-0.39, 0.29) is 20.7 Å². The summed E-state index contributed by atoms with van der Waals surface area (Å²) in [5.74, 6) is -1.61. The number of amides is 1. The predicted molar refractivity (Wildman–Crippen MR) is 91.4 cm³/mol. The van der Waals surface area contributed by atoms with Gasteiger partial charge in [0.2, 0.25) is 0 Å². The average Bonchev–Trinajstić information content (AvgIpc) is 2.57. The minimum Gasteiger partial charge on any atom is -0.478 e. The topological polar surface area (TPSA) is 84.5 Å². The second-order valence-electron chi connectivity index (χ2n) is 4.84. The monoisotopic (exact) mass is 406 g/mol. The number of hydrogen-bond acceptors (Lipinski definition) is 4. The maximum atomic E-state index is 13.5. The molecule has 0 spiro atoms. The molecule has 10 heteroatoms. The van der Waals surface area contributed by atoms with Crippen LogP contribution >= 0.6 is 23.2 Å². The summed E-state index contributed by atoms with van der Waals surface area (Å²) in [5.41, 5.74) is 1.98. The highest BCUT2D eigenvalue weighted by Gasteiger charge is 2.22. The van der Waals surface area contributed by atoms with Crippen molar-refractivity contribution in [2.75, 3.05) is 0 Å². The Morgan fingerprint density at radius 2 is 1.84 bits per heavy atom. The molecule has 0 aromatic heterocycles. The third-order valence-electron chi connectivity index (χ3n) is 3.02. The third-order valence-corrected chi connectivity index (χ3v) is 5.24. The van der Waals surface area contributed by atoms with Crippen LogP contribution in [0, 0.1) is 5.82 Å². The van der Waals surface area contributed by atoms with Crippen molar-refractivity contribution in [2.24, 2.45) is 0 Å². The fourth-order valence-electron chi connectivity index (χ4n) is 1.75. The molecule has 0 saturated carbocycles. The summed E-state index contributed by atoms with van der Waals surface area (Å²) in [6.45, 7) is 1.34. The van der Waals surface area contributed by atoms with Crippen molar-refractivity contribution in [1.29, 1.82) is 0 Å². The van der Waals surface area contributed by atoms with Crippen LogP contribution < -0.4 is 15.0 Å². The molecule has 2 rings (SSSR count). The van der Waals surface area contributed by atoms with Crippen molar-refractivity contribution >= 4 is 39.1 Å². The van der Waals surface area contributed by atoms with E-state index in [4.69, 9.17) is 27.9 Å². The molecule has 1 amide bonds. The minimum atomic E-state index is -4.15. The number of hydrazine groups is 1. The van der Waals surface area contributed by atoms with Crippen LogP contribution in [0.4, 0.5) is 4.39 Å². The first-order chi connectivity index (χ1) is 11.7. The molecule has 0 aliphatic carbocycles. The molecule has 0 aliphatic heterocycles. The normalized spacial score (nSPS) is 12.5. The molecule has 0 fully saturated rings. The maximum Gasteiger partial charge on any atom is 0.275 e. The Bertz CT molecular complexity index is 893. The molecule has 1 atom stereocenters. The second-order valence-corrected chi connectivity index (χ2v) is 7.27. The van der Waals surface area contributed by atoms with Crippen molar-refractivity contribution in [3.63, 3.8) is 0 Å². The Morgan fingerprint density at radius 3 is 2.52 bits per heavy atom. The van der Waals surface area contributed by atoms with Crippen molar-refractivity contribution in [3.05, 3.63) is 58.3 Å². The van der Waals surface area contributed by atoms with Gasteiger partial charge in [0.15, 0.2) is 17.7 Å². The second kappa shape index (κ2) is 8.01. The Kier molecular flexibility index (Phi) is 6.23. The quantitative estimate of drug-likeness (QED) is 0.722. The first kappa shape index (κ1) is 19.5. The van der Waals surface area contributed by atoms with Gasteiger partial charge in [-0.1, -0.05) is 41.4 Å². The summed E-state index contributed by atoms with van der Waals surface area (Å²) in [6.07, 6.45) is -1.16. The maximum absolute atomic E-state index is 13.5. The van der Waals surface area contributed by atoms with Gasteiger partial charge in [-0.05, 0) is 31.2 Å². The fraction of sp³-hybridized carbons (Fsp3) is 0.133. The molecular formula is C15H13Cl2FN2O4S. The van der Waals surface area contributed by atoms with E-state index in [1.54, 1.807) is 0 Å². The Labute approximate surface area is 153 Å². The van der Waals surface area contributed by atoms with Gasteiger partial charge in [-0.25, -0.2) is 12.8 Å². The Morgan fingerprint density at radius 1 is 1.16 bits per heavy atom. The zero-order chi connectivity index (χ0) is 18.6. The standard InChI is InChI=1S/C15H13Cl2FN2O4S/c1-9(24-12-7-3-2-6-11(12)18)15(21)19-20-25(22,23)13-8-4-5-10(16)14(13)17/h2-9,20H,1H3,(H,19,21)/t9-/m0/s1. The van der Waals surface area contributed by atoms with E-state index in [1.165, 1.54) is 49.4 Å². The van der Waals surface area contributed by atoms with Crippen molar-refractivity contribution < 1.29 is 22.3 Å². The van der Waals surface area contributed by atoms with Crippen LogP contribution in [0.1, 0.15) is 6.92 Å². The molecule has 134 valence electrons. The fourth-order valence-corrected chi connectivity index (χ4v) is 3.36. The van der Waals surface area contributed by atoms with Crippen LogP contribution in [0.25, 0.3) is 0 Å². The summed E-state index contributed by atoms with van der Waals surface area (Å²) < 4.78 is 43.0. The van der Waals surface area contributed by atoms with Crippen LogP contribution in [0.3, 0.4) is 0 Å². The predicted octanol–water partition coefficient (Wildman–Crippen LogP) is 2.91. The first-order valence-electron chi connectivity index (χ1n) is 6.89. The van der Waals surface area contributed by atoms with E-state index in [0.29, 0.717) is 0 Å². The number of para-hydroxylation sites is 1. The zero-order valence-corrected chi connectivity index (χ0v) is 15.1. The lowest BCUT2D eigenvalue weighted by molar-refractivity contribution is -0.127. The molecule has 2 aromatic carbocycles. The molecular weight excluding hydrogens is 394 g/mol. The number of halogens is 3. The number of ether oxygens (including phenoxy) is 1. The van der Waals surface area contributed by atoms with Gasteiger partial charge in [0.1, 0.15) is 4.90 Å². The number of benzene rings is 2. The van der Waals surface area contributed by atoms with E-state index in [0.717, 1.165) is 0 Å². The molecule has 0 bridgehead atoms. The minimum absolute atomic E-state index is 0.0483. The van der Waals surface area contributed by atoms with Crippen LogP contribution in [-0.2, 0) is 14.8 Å². The van der Waals surface area contributed by atoms with Gasteiger partial charge in [0.05, 0.1) is 10.0 Å². The molecule has 0 unspecified atom stereocenters. The van der Waals surface area contributed by atoms with Crippen LogP contribution in [-0.4, -0.2) is 20.4 Å². The summed E-state index contributed by atoms with van der Waals surface area (Å²) in [7, 11) is -4.15. The Balaban J connectivity index is 2.03. The van der Waals surface area contributed by atoms with Gasteiger partial charge < -0.3 is 4.74 Å². The summed E-state index contributed by atoms with van der Waals surface area (Å²) in [5, 5.41) is -0.131. The van der Waals surface area contributed by atoms with Gasteiger partial charge in [-0.3, -0.25) is 10.2 Å². The van der Waals surface area contributed by atoms with Gasteiger partial charge in [-0.2, -0.15) is 0 Å². The van der Waals surface area contributed by atoms with Crippen LogP contribution in [0.2, 0.25) is 10.0 Å². The molecule has 0 aliphatic rings. The summed E-state index contributed by atoms with van der Waals surface area (Å²) >= 11 is 11.6. The van der Waals surface area contributed by atoms with E-state index >= 15 is 0 Å². The average molecular weight is 407 g/mol. The van der Waals surface area contributed by atoms with Gasteiger partial charge in [-0.15, -0.1) is 4.83 Å². The summed E-state index contributed by atoms with van der Waals surface area (Å²) in [6, 6.07) is 9.56. The highest BCUT2D eigenvalue weighted by molar-refractivity contribution is 7.89. The lowest BCUT2D eigenvalue weighted by Crippen LogP contribution is -2.47. The lowest BCUT2D eigenvalue weighted by atomic mass is 10.3. The largest absolute Gasteiger partial charge is 0.478 e. The van der Waals surface area contributed by atoms with Gasteiger partial charge >= 0.3 is 0 Å². The van der Waals surface area contributed by atoms with Crippen molar-refractivity contribution in [3.8, 4) is 5.75 Å². The Hall–Kier alpha value is -1.87. The summed E-state index contributed by atoms with van der Waals surface area (Å²) in [4.78, 5) is 13.5. The molecule has 0 radical (unpaired) electrons. The van der Waals surface area contributed by atoms with Gasteiger partial charge in [0.25, 0.3) is 15.9 Å². The zero-order valence-electron chi connectivity index (χ0n) is 12.8. The van der Waals surface area contributed by atoms with E-state index in [1.807, 2.05) is 10.3 Å². The SMILES string of the molecule is C[C@H](Oc1ccccc1F)C(=O)NNS(=O)(=O)c1cccc(Cl)c1Cl. The van der Waals surface area contributed by atoms with Crippen molar-refractivity contribution in [1.82, 2.24) is 10.3 Å². The first-order valence-corrected chi connectivity index (χ1v) is 9.13. The van der Waals surface area contributed by atoms with Crippen molar-refractivity contribution in [2.45, 2.75) is 17.9 Å². The number of sulfonamides is 1. The highest BCUT2D eigenvalue weighted by atomic mass is 35.5. The third kappa shape index (κ3) is 4.82. The number of hydrogen-bond donors (Lipinski definition) is 2. The van der Waals surface area contributed by atoms with Crippen LogP contribution in [0.15, 0.2) is 47.4 Å². The molecule has 2 N–H and O–H groups in total. The molecule has 2 aromatic rings. The van der Waals surface area contributed by atoms with Gasteiger partial charge in [0, 0.05) is 0 Å². The molecule has 0 heterocycles.